The molecule has 3 N–H and O–H groups in total. The summed E-state index contributed by atoms with van der Waals surface area (Å²) in [5.41, 5.74) is 6.69. The summed E-state index contributed by atoms with van der Waals surface area (Å²) in [4.78, 5) is 25.9. The van der Waals surface area contributed by atoms with Crippen molar-refractivity contribution in [2.45, 2.75) is 39.2 Å². The Bertz CT molecular complexity index is 1340. The molecule has 0 fully saturated rings. The number of aryl methyl sites for hydroxylation is 1. The van der Waals surface area contributed by atoms with Crippen molar-refractivity contribution in [2.75, 3.05) is 6.16 Å². The highest BCUT2D eigenvalue weighted by atomic mass is 31.2. The molecule has 0 saturated heterocycles. The van der Waals surface area contributed by atoms with E-state index in [9.17, 15) is 23.7 Å². The van der Waals surface area contributed by atoms with Gasteiger partial charge in [-0.25, -0.2) is 4.39 Å². The molecule has 182 valence electrons. The van der Waals surface area contributed by atoms with Crippen molar-refractivity contribution >= 4 is 13.3 Å². The lowest BCUT2D eigenvalue weighted by Crippen LogP contribution is -2.17. The number of benzene rings is 2. The van der Waals surface area contributed by atoms with Crippen molar-refractivity contribution in [1.82, 2.24) is 4.98 Å². The quantitative estimate of drug-likeness (QED) is 0.299. The summed E-state index contributed by atoms with van der Waals surface area (Å²) in [7, 11) is -4.18. The van der Waals surface area contributed by atoms with E-state index >= 15 is 0 Å². The maximum atomic E-state index is 14.0. The molecule has 0 aliphatic heterocycles. The van der Waals surface area contributed by atoms with E-state index in [1.807, 2.05) is 50.2 Å². The summed E-state index contributed by atoms with van der Waals surface area (Å²) in [6.07, 6.45) is -2.82. The van der Waals surface area contributed by atoms with Crippen LogP contribution in [0.25, 0.3) is 22.4 Å². The van der Waals surface area contributed by atoms with Crippen LogP contribution in [0.2, 0.25) is 0 Å². The number of rotatable bonds is 7. The van der Waals surface area contributed by atoms with Crippen LogP contribution in [0.3, 0.4) is 0 Å². The molecule has 0 aliphatic carbocycles. The molecule has 8 heteroatoms. The highest BCUT2D eigenvalue weighted by molar-refractivity contribution is 7.63. The van der Waals surface area contributed by atoms with Crippen molar-refractivity contribution < 1.29 is 28.9 Å². The van der Waals surface area contributed by atoms with Gasteiger partial charge in [-0.2, -0.15) is 0 Å². The fraction of sp³-hybridized carbons (Fsp3) is 0.259. The Hall–Kier alpha value is -3.30. The van der Waals surface area contributed by atoms with E-state index in [0.717, 1.165) is 5.56 Å². The number of pyridine rings is 1. The maximum absolute atomic E-state index is 14.0. The van der Waals surface area contributed by atoms with Gasteiger partial charge in [0.1, 0.15) is 5.82 Å². The summed E-state index contributed by atoms with van der Waals surface area (Å²) >= 11 is 0. The summed E-state index contributed by atoms with van der Waals surface area (Å²) in [5, 5.41) is 18.6. The molecular formula is C27H27FNO5P. The number of carbonyl (C=O) groups is 1. The number of hydrogen-bond acceptors (Lipinski definition) is 4. The van der Waals surface area contributed by atoms with E-state index in [4.69, 9.17) is 10.1 Å². The predicted molar refractivity (Wildman–Crippen MR) is 134 cm³/mol. The van der Waals surface area contributed by atoms with Gasteiger partial charge in [0.25, 0.3) is 7.37 Å². The molecule has 1 aromatic heterocycles. The molecule has 0 amide bonds. The number of aromatic nitrogens is 1. The third-order valence-electron chi connectivity index (χ3n) is 5.36. The molecule has 2 unspecified atom stereocenters. The molecule has 0 saturated carbocycles. The lowest BCUT2D eigenvalue weighted by atomic mass is 9.92. The predicted octanol–water partition coefficient (Wildman–Crippen LogP) is 5.40. The van der Waals surface area contributed by atoms with Gasteiger partial charge in [0.2, 0.25) is 0 Å². The van der Waals surface area contributed by atoms with Gasteiger partial charge < -0.3 is 15.1 Å². The number of nitrogens with zero attached hydrogens (tertiary/aromatic N) is 1. The van der Waals surface area contributed by atoms with E-state index < -0.39 is 32.0 Å². The Balaban J connectivity index is 2.21. The molecule has 0 aliphatic rings. The van der Waals surface area contributed by atoms with Crippen molar-refractivity contribution in [3.8, 4) is 34.0 Å². The first-order chi connectivity index (χ1) is 16.5. The first-order valence-electron chi connectivity index (χ1n) is 11.1. The maximum Gasteiger partial charge on any atom is 0.305 e. The minimum atomic E-state index is -4.18. The van der Waals surface area contributed by atoms with Crippen LogP contribution in [-0.4, -0.2) is 38.3 Å². The monoisotopic (exact) mass is 495 g/mol. The second-order valence-corrected chi connectivity index (χ2v) is 10.7. The lowest BCUT2D eigenvalue weighted by molar-refractivity contribution is -0.138. The van der Waals surface area contributed by atoms with E-state index in [1.165, 1.54) is 6.07 Å². The topological polar surface area (TPSA) is 108 Å². The SMILES string of the molecule is Cc1cc(-c2cc(-c3ccccc3)nc(C(C)C)c2C#CP(=O)(O)CC(O)CC(=O)O)ccc1F. The molecule has 0 radical (unpaired) electrons. The second-order valence-electron chi connectivity index (χ2n) is 8.67. The smallest absolute Gasteiger partial charge is 0.305 e. The number of aliphatic hydroxyl groups excluding tert-OH is 1. The van der Waals surface area contributed by atoms with Crippen LogP contribution in [0.4, 0.5) is 4.39 Å². The molecule has 6 nitrogen and oxygen atoms in total. The van der Waals surface area contributed by atoms with Gasteiger partial charge in [-0.1, -0.05) is 56.2 Å². The van der Waals surface area contributed by atoms with Crippen molar-refractivity contribution in [2.24, 2.45) is 0 Å². The van der Waals surface area contributed by atoms with Crippen LogP contribution in [0.5, 0.6) is 0 Å². The molecule has 2 atom stereocenters. The van der Waals surface area contributed by atoms with Gasteiger partial charge >= 0.3 is 5.97 Å². The Morgan fingerprint density at radius 3 is 2.40 bits per heavy atom. The summed E-state index contributed by atoms with van der Waals surface area (Å²) < 4.78 is 26.7. The normalized spacial score (nSPS) is 13.6. The van der Waals surface area contributed by atoms with Crippen molar-refractivity contribution in [3.05, 3.63) is 77.2 Å². The minimum absolute atomic E-state index is 0.0982. The lowest BCUT2D eigenvalue weighted by Gasteiger charge is -2.16. The van der Waals surface area contributed by atoms with Crippen molar-refractivity contribution in [1.29, 1.82) is 0 Å². The number of carboxylic acids is 1. The summed E-state index contributed by atoms with van der Waals surface area (Å²) in [6.45, 7) is 5.51. The Morgan fingerprint density at radius 2 is 1.80 bits per heavy atom. The average Bonchev–Trinajstić information content (AvgIpc) is 2.78. The number of carboxylic acid groups (broad SMARTS) is 1. The van der Waals surface area contributed by atoms with Gasteiger partial charge in [0, 0.05) is 11.1 Å². The highest BCUT2D eigenvalue weighted by Crippen LogP contribution is 2.41. The number of halogens is 1. The molecular weight excluding hydrogens is 468 g/mol. The first kappa shape index (κ1) is 26.3. The summed E-state index contributed by atoms with van der Waals surface area (Å²) in [5.74, 6) is 1.07. The van der Waals surface area contributed by atoms with E-state index in [1.54, 1.807) is 19.1 Å². The van der Waals surface area contributed by atoms with E-state index in [2.05, 4.69) is 11.6 Å². The van der Waals surface area contributed by atoms with Gasteiger partial charge in [-0.15, -0.1) is 0 Å². The molecule has 0 spiro atoms. The van der Waals surface area contributed by atoms with Crippen LogP contribution in [0, 0.1) is 24.3 Å². The zero-order valence-corrected chi connectivity index (χ0v) is 20.6. The number of hydrogen-bond donors (Lipinski definition) is 3. The molecule has 35 heavy (non-hydrogen) atoms. The average molecular weight is 495 g/mol. The van der Waals surface area contributed by atoms with Crippen LogP contribution in [-0.2, 0) is 9.36 Å². The van der Waals surface area contributed by atoms with Crippen molar-refractivity contribution in [3.63, 3.8) is 0 Å². The Kier molecular flexibility index (Phi) is 8.24. The molecule has 3 rings (SSSR count). The fourth-order valence-electron chi connectivity index (χ4n) is 3.65. The summed E-state index contributed by atoms with van der Waals surface area (Å²) in [6, 6.07) is 16.0. The highest BCUT2D eigenvalue weighted by Gasteiger charge is 2.23. The van der Waals surface area contributed by atoms with Gasteiger partial charge in [0.05, 0.1) is 35.6 Å². The molecule has 2 aromatic carbocycles. The second kappa shape index (κ2) is 11.0. The van der Waals surface area contributed by atoms with Crippen LogP contribution < -0.4 is 0 Å². The first-order valence-corrected chi connectivity index (χ1v) is 12.9. The Morgan fingerprint density at radius 1 is 1.11 bits per heavy atom. The minimum Gasteiger partial charge on any atom is -0.481 e. The third-order valence-corrected chi connectivity index (χ3v) is 6.73. The molecule has 3 aromatic rings. The molecule has 1 heterocycles. The van der Waals surface area contributed by atoms with Crippen LogP contribution >= 0.6 is 7.37 Å². The van der Waals surface area contributed by atoms with Gasteiger partial charge in [0.15, 0.2) is 0 Å². The number of aliphatic hydroxyl groups is 1. The molecule has 0 bridgehead atoms. The van der Waals surface area contributed by atoms with Crippen LogP contribution in [0.1, 0.15) is 43.0 Å². The van der Waals surface area contributed by atoms with Gasteiger partial charge in [-0.3, -0.25) is 14.3 Å². The standard InChI is InChI=1S/C27H27FNO5P/c1-17(2)27-22(11-12-35(33,34)16-21(30)14-26(31)32)23(20-9-10-24(28)18(3)13-20)15-25(29-27)19-7-5-4-6-8-19/h4-10,13,15,17,21,30H,14,16H2,1-3H3,(H,31,32)(H,33,34). The Labute approximate surface area is 203 Å². The fourth-order valence-corrected chi connectivity index (χ4v) is 4.73. The van der Waals surface area contributed by atoms with E-state index in [0.29, 0.717) is 33.6 Å². The third kappa shape index (κ3) is 6.86. The van der Waals surface area contributed by atoms with Gasteiger partial charge in [-0.05, 0) is 47.8 Å². The van der Waals surface area contributed by atoms with E-state index in [-0.39, 0.29) is 11.7 Å². The zero-order valence-electron chi connectivity index (χ0n) is 19.7. The largest absolute Gasteiger partial charge is 0.481 e. The number of aliphatic carboxylic acids is 1. The zero-order chi connectivity index (χ0) is 25.8. The van der Waals surface area contributed by atoms with Crippen LogP contribution in [0.15, 0.2) is 54.6 Å².